The van der Waals surface area contributed by atoms with Crippen LogP contribution in [0.5, 0.6) is 0 Å². The van der Waals surface area contributed by atoms with E-state index in [4.69, 9.17) is 0 Å². The van der Waals surface area contributed by atoms with Gasteiger partial charge in [-0.15, -0.1) is 0 Å². The topological polar surface area (TPSA) is 42.3 Å². The summed E-state index contributed by atoms with van der Waals surface area (Å²) < 4.78 is 1.75. The summed E-state index contributed by atoms with van der Waals surface area (Å²) in [6, 6.07) is 23.9. The Morgan fingerprint density at radius 2 is 1.56 bits per heavy atom. The lowest BCUT2D eigenvalue weighted by Crippen LogP contribution is -2.35. The molecule has 4 rings (SSSR count). The Labute approximate surface area is 201 Å². The van der Waals surface area contributed by atoms with Crippen molar-refractivity contribution in [2.45, 2.75) is 46.6 Å². The highest BCUT2D eigenvalue weighted by Crippen LogP contribution is 2.20. The highest BCUT2D eigenvalue weighted by atomic mass is 16.2. The average molecular weight is 453 g/mol. The third-order valence-corrected chi connectivity index (χ3v) is 6.69. The van der Waals surface area contributed by atoms with Crippen molar-refractivity contribution in [3.05, 3.63) is 111 Å². The molecular weight excluding hydrogens is 420 g/mol. The molecule has 4 nitrogen and oxygen atoms in total. The maximum atomic E-state index is 13.6. The van der Waals surface area contributed by atoms with Crippen molar-refractivity contribution in [1.82, 2.24) is 4.57 Å². The fraction of sp³-hybridized carbons (Fsp3) is 0.267. The van der Waals surface area contributed by atoms with E-state index in [1.54, 1.807) is 22.6 Å². The van der Waals surface area contributed by atoms with Crippen LogP contribution in [0.3, 0.4) is 0 Å². The summed E-state index contributed by atoms with van der Waals surface area (Å²) in [5.74, 6) is -0.294. The molecule has 0 aliphatic carbocycles. The number of rotatable bonds is 7. The summed E-state index contributed by atoms with van der Waals surface area (Å²) >= 11 is 0. The van der Waals surface area contributed by atoms with Crippen LogP contribution in [-0.2, 0) is 25.8 Å². The van der Waals surface area contributed by atoms with Crippen molar-refractivity contribution in [3.8, 4) is 0 Å². The zero-order valence-corrected chi connectivity index (χ0v) is 20.5. The Kier molecular flexibility index (Phi) is 6.97. The maximum absolute atomic E-state index is 13.6. The van der Waals surface area contributed by atoms with Crippen LogP contribution in [0.2, 0.25) is 0 Å². The number of fused-ring (bicyclic) bond motifs is 1. The Morgan fingerprint density at radius 3 is 2.24 bits per heavy atom. The molecule has 0 unspecified atom stereocenters. The molecule has 4 heteroatoms. The van der Waals surface area contributed by atoms with Crippen LogP contribution < -0.4 is 10.5 Å². The molecule has 0 aliphatic rings. The third kappa shape index (κ3) is 4.67. The first-order valence-electron chi connectivity index (χ1n) is 12.0. The summed E-state index contributed by atoms with van der Waals surface area (Å²) in [6.07, 6.45) is 2.67. The van der Waals surface area contributed by atoms with Gasteiger partial charge in [-0.1, -0.05) is 62.4 Å². The normalized spacial score (nSPS) is 11.1. The second-order valence-corrected chi connectivity index (χ2v) is 8.82. The molecule has 4 aromatic rings. The summed E-state index contributed by atoms with van der Waals surface area (Å²) in [7, 11) is 1.72. The number of carbonyl (C=O) groups is 1. The number of hydrogen-bond acceptors (Lipinski definition) is 2. The number of aromatic nitrogens is 1. The van der Waals surface area contributed by atoms with Gasteiger partial charge in [-0.3, -0.25) is 9.59 Å². The molecule has 0 spiro atoms. The van der Waals surface area contributed by atoms with Crippen molar-refractivity contribution in [1.29, 1.82) is 0 Å². The summed E-state index contributed by atoms with van der Waals surface area (Å²) in [6.45, 7) is 6.88. The molecule has 0 aliphatic heterocycles. The number of pyridine rings is 1. The van der Waals surface area contributed by atoms with Gasteiger partial charge >= 0.3 is 0 Å². The molecule has 1 heterocycles. The number of anilines is 1. The molecule has 1 aromatic heterocycles. The number of aryl methyl sites for hydroxylation is 5. The monoisotopic (exact) mass is 452 g/mol. The van der Waals surface area contributed by atoms with Crippen LogP contribution in [0.1, 0.15) is 46.5 Å². The maximum Gasteiger partial charge on any atom is 0.263 e. The SMILES string of the molecule is CCc1ccc(N(C)C(=O)c2cc3ccccc3n(CCc3ccc(CC)cc3C)c2=O)cc1. The summed E-state index contributed by atoms with van der Waals surface area (Å²) in [5, 5.41) is 0.887. The molecule has 3 aromatic carbocycles. The fourth-order valence-electron chi connectivity index (χ4n) is 4.45. The van der Waals surface area contributed by atoms with E-state index in [2.05, 4.69) is 39.0 Å². The first-order chi connectivity index (χ1) is 16.4. The number of amides is 1. The molecule has 0 fully saturated rings. The van der Waals surface area contributed by atoms with Gasteiger partial charge < -0.3 is 9.47 Å². The van der Waals surface area contributed by atoms with E-state index in [1.807, 2.05) is 48.5 Å². The van der Waals surface area contributed by atoms with Gasteiger partial charge in [0.15, 0.2) is 0 Å². The largest absolute Gasteiger partial charge is 0.311 e. The molecule has 0 radical (unpaired) electrons. The van der Waals surface area contributed by atoms with Crippen LogP contribution in [0.15, 0.2) is 77.6 Å². The van der Waals surface area contributed by atoms with Crippen molar-refractivity contribution in [3.63, 3.8) is 0 Å². The summed E-state index contributed by atoms with van der Waals surface area (Å²) in [4.78, 5) is 28.6. The minimum Gasteiger partial charge on any atom is -0.311 e. The minimum atomic E-state index is -0.294. The molecule has 0 N–H and O–H groups in total. The quantitative estimate of drug-likeness (QED) is 0.347. The van der Waals surface area contributed by atoms with Crippen LogP contribution in [-0.4, -0.2) is 17.5 Å². The Bertz CT molecular complexity index is 1380. The number of carbonyl (C=O) groups excluding carboxylic acids is 1. The zero-order chi connectivity index (χ0) is 24.2. The predicted octanol–water partition coefficient (Wildman–Crippen LogP) is 5.95. The highest BCUT2D eigenvalue weighted by molar-refractivity contribution is 6.07. The van der Waals surface area contributed by atoms with Gasteiger partial charge in [-0.05, 0) is 78.1 Å². The van der Waals surface area contributed by atoms with Crippen molar-refractivity contribution in [2.75, 3.05) is 11.9 Å². The smallest absolute Gasteiger partial charge is 0.263 e. The number of para-hydroxylation sites is 1. The van der Waals surface area contributed by atoms with E-state index in [9.17, 15) is 9.59 Å². The van der Waals surface area contributed by atoms with Crippen LogP contribution in [0.4, 0.5) is 5.69 Å². The number of nitrogens with zero attached hydrogens (tertiary/aromatic N) is 2. The van der Waals surface area contributed by atoms with Gasteiger partial charge in [-0.25, -0.2) is 0 Å². The van der Waals surface area contributed by atoms with Gasteiger partial charge in [-0.2, -0.15) is 0 Å². The van der Waals surface area contributed by atoms with Gasteiger partial charge in [0, 0.05) is 19.3 Å². The molecule has 0 saturated heterocycles. The highest BCUT2D eigenvalue weighted by Gasteiger charge is 2.20. The van der Waals surface area contributed by atoms with E-state index in [1.165, 1.54) is 22.3 Å². The van der Waals surface area contributed by atoms with E-state index in [0.29, 0.717) is 6.54 Å². The van der Waals surface area contributed by atoms with Gasteiger partial charge in [0.1, 0.15) is 5.56 Å². The van der Waals surface area contributed by atoms with Gasteiger partial charge in [0.2, 0.25) is 0 Å². The fourth-order valence-corrected chi connectivity index (χ4v) is 4.45. The third-order valence-electron chi connectivity index (χ3n) is 6.69. The average Bonchev–Trinajstić information content (AvgIpc) is 2.87. The first kappa shape index (κ1) is 23.5. The Morgan fingerprint density at radius 1 is 0.882 bits per heavy atom. The van der Waals surface area contributed by atoms with E-state index >= 15 is 0 Å². The van der Waals surface area contributed by atoms with E-state index < -0.39 is 0 Å². The molecule has 0 saturated carbocycles. The van der Waals surface area contributed by atoms with Crippen LogP contribution >= 0.6 is 0 Å². The Balaban J connectivity index is 1.70. The van der Waals surface area contributed by atoms with Crippen molar-refractivity contribution in [2.24, 2.45) is 0 Å². The predicted molar refractivity (Wildman–Crippen MR) is 141 cm³/mol. The molecule has 0 bridgehead atoms. The zero-order valence-electron chi connectivity index (χ0n) is 20.5. The number of hydrogen-bond donors (Lipinski definition) is 0. The number of benzene rings is 3. The lowest BCUT2D eigenvalue weighted by molar-refractivity contribution is 0.0991. The first-order valence-corrected chi connectivity index (χ1v) is 12.0. The van der Waals surface area contributed by atoms with Crippen LogP contribution in [0, 0.1) is 6.92 Å². The van der Waals surface area contributed by atoms with Crippen molar-refractivity contribution < 1.29 is 4.79 Å². The minimum absolute atomic E-state index is 0.193. The lowest BCUT2D eigenvalue weighted by Gasteiger charge is -2.19. The molecular formula is C30H32N2O2. The van der Waals surface area contributed by atoms with Gasteiger partial charge in [0.25, 0.3) is 11.5 Å². The molecule has 0 atom stereocenters. The molecule has 174 valence electrons. The van der Waals surface area contributed by atoms with Crippen LogP contribution in [0.25, 0.3) is 10.9 Å². The Hall–Kier alpha value is -3.66. The second kappa shape index (κ2) is 10.1. The molecule has 34 heavy (non-hydrogen) atoms. The standard InChI is InChI=1S/C30H32N2O2/c1-5-22-12-15-26(16-13-22)31(4)29(33)27-20-25-9-7-8-10-28(25)32(30(27)34)18-17-24-14-11-23(6-2)19-21(24)3/h7-16,19-20H,5-6,17-18H2,1-4H3. The van der Waals surface area contributed by atoms with E-state index in [-0.39, 0.29) is 17.0 Å². The van der Waals surface area contributed by atoms with Gasteiger partial charge in [0.05, 0.1) is 5.52 Å². The van der Waals surface area contributed by atoms with E-state index in [0.717, 1.165) is 35.9 Å². The second-order valence-electron chi connectivity index (χ2n) is 8.82. The van der Waals surface area contributed by atoms with Crippen molar-refractivity contribution >= 4 is 22.5 Å². The molecule has 1 amide bonds. The summed E-state index contributed by atoms with van der Waals surface area (Å²) in [5.41, 5.74) is 6.54. The lowest BCUT2D eigenvalue weighted by atomic mass is 10.0.